The first-order valence-electron chi connectivity index (χ1n) is 8.17. The lowest BCUT2D eigenvalue weighted by Crippen LogP contribution is -2.13. The predicted octanol–water partition coefficient (Wildman–Crippen LogP) is 3.82. The molecule has 7 nitrogen and oxygen atoms in total. The minimum atomic E-state index is -0.792. The molecule has 0 aliphatic carbocycles. The van der Waals surface area contributed by atoms with E-state index in [0.717, 1.165) is 0 Å². The Hall–Kier alpha value is -3.35. The second-order valence-corrected chi connectivity index (χ2v) is 5.24. The van der Waals surface area contributed by atoms with Crippen molar-refractivity contribution in [2.75, 3.05) is 17.2 Å². The van der Waals surface area contributed by atoms with E-state index in [-0.39, 0.29) is 24.2 Å². The van der Waals surface area contributed by atoms with Crippen LogP contribution in [0.3, 0.4) is 0 Å². The Balaban J connectivity index is 1.94. The number of rotatable bonds is 6. The van der Waals surface area contributed by atoms with Gasteiger partial charge in [0.2, 0.25) is 5.91 Å². The van der Waals surface area contributed by atoms with E-state index in [1.807, 2.05) is 0 Å². The topological polar surface area (TPSA) is 93.7 Å². The van der Waals surface area contributed by atoms with Crippen LogP contribution in [0.4, 0.5) is 16.2 Å². The summed E-state index contributed by atoms with van der Waals surface area (Å²) in [5, 5.41) is 5.48. The summed E-state index contributed by atoms with van der Waals surface area (Å²) in [6.07, 6.45) is -0.395. The number of anilines is 2. The summed E-state index contributed by atoms with van der Waals surface area (Å²) in [7, 11) is 0. The molecular weight excluding hydrogens is 336 g/mol. The fourth-order valence-electron chi connectivity index (χ4n) is 2.01. The highest BCUT2D eigenvalue weighted by atomic mass is 16.7. The molecule has 2 rings (SSSR count). The maximum absolute atomic E-state index is 12.2. The molecule has 2 amide bonds. The van der Waals surface area contributed by atoms with Crippen LogP contribution in [0.15, 0.2) is 48.5 Å². The fraction of sp³-hybridized carbons (Fsp3) is 0.211. The van der Waals surface area contributed by atoms with E-state index in [1.54, 1.807) is 50.2 Å². The monoisotopic (exact) mass is 356 g/mol. The number of amides is 2. The smallest absolute Gasteiger partial charge is 0.434 e. The van der Waals surface area contributed by atoms with Crippen molar-refractivity contribution in [1.82, 2.24) is 0 Å². The van der Waals surface area contributed by atoms with Crippen LogP contribution in [0.1, 0.15) is 30.6 Å². The molecule has 2 aromatic rings. The minimum absolute atomic E-state index is 0.0769. The molecule has 0 spiro atoms. The fourth-order valence-corrected chi connectivity index (χ4v) is 2.01. The number of hydrogen-bond acceptors (Lipinski definition) is 5. The second kappa shape index (κ2) is 9.22. The quantitative estimate of drug-likeness (QED) is 0.606. The van der Waals surface area contributed by atoms with E-state index >= 15 is 0 Å². The van der Waals surface area contributed by atoms with Crippen LogP contribution in [0.5, 0.6) is 5.75 Å². The van der Waals surface area contributed by atoms with Crippen LogP contribution in [-0.4, -0.2) is 24.6 Å². The highest BCUT2D eigenvalue weighted by molar-refractivity contribution is 6.04. The average molecular weight is 356 g/mol. The highest BCUT2D eigenvalue weighted by Crippen LogP contribution is 2.17. The van der Waals surface area contributed by atoms with Gasteiger partial charge in [-0.1, -0.05) is 6.92 Å². The van der Waals surface area contributed by atoms with Gasteiger partial charge in [0.25, 0.3) is 5.91 Å². The van der Waals surface area contributed by atoms with Gasteiger partial charge in [-0.25, -0.2) is 4.79 Å². The highest BCUT2D eigenvalue weighted by Gasteiger charge is 2.09. The summed E-state index contributed by atoms with van der Waals surface area (Å²) >= 11 is 0. The Bertz CT molecular complexity index is 770. The molecule has 0 aliphatic rings. The van der Waals surface area contributed by atoms with Crippen LogP contribution in [0.25, 0.3) is 0 Å². The Morgan fingerprint density at radius 1 is 0.846 bits per heavy atom. The predicted molar refractivity (Wildman–Crippen MR) is 97.4 cm³/mol. The van der Waals surface area contributed by atoms with Crippen LogP contribution in [-0.2, 0) is 9.53 Å². The normalized spacial score (nSPS) is 9.92. The summed E-state index contributed by atoms with van der Waals surface area (Å²) in [6.45, 7) is 3.67. The molecule has 0 aromatic heterocycles. The second-order valence-electron chi connectivity index (χ2n) is 5.24. The number of hydrogen-bond donors (Lipinski definition) is 2. The van der Waals surface area contributed by atoms with E-state index in [1.165, 1.54) is 12.1 Å². The number of ether oxygens (including phenoxy) is 2. The van der Waals surface area contributed by atoms with Crippen molar-refractivity contribution in [2.45, 2.75) is 20.3 Å². The van der Waals surface area contributed by atoms with E-state index < -0.39 is 6.16 Å². The Kier molecular flexibility index (Phi) is 6.73. The van der Waals surface area contributed by atoms with E-state index in [0.29, 0.717) is 23.4 Å². The molecule has 0 heterocycles. The van der Waals surface area contributed by atoms with Crippen LogP contribution in [0.2, 0.25) is 0 Å². The van der Waals surface area contributed by atoms with Gasteiger partial charge in [0.05, 0.1) is 6.61 Å². The van der Waals surface area contributed by atoms with Gasteiger partial charge < -0.3 is 20.1 Å². The standard InChI is InChI=1S/C19H20N2O5/c1-3-17(22)20-14-7-9-15(10-8-14)21-18(23)13-5-11-16(12-6-13)26-19(24)25-4-2/h5-12H,3-4H2,1-2H3,(H,20,22)(H,21,23). The molecule has 26 heavy (non-hydrogen) atoms. The van der Waals surface area contributed by atoms with Crippen molar-refractivity contribution in [3.63, 3.8) is 0 Å². The number of carbonyl (C=O) groups is 3. The van der Waals surface area contributed by atoms with Crippen molar-refractivity contribution in [2.24, 2.45) is 0 Å². The molecule has 2 aromatic carbocycles. The zero-order chi connectivity index (χ0) is 18.9. The largest absolute Gasteiger partial charge is 0.513 e. The van der Waals surface area contributed by atoms with Gasteiger partial charge in [-0.15, -0.1) is 0 Å². The average Bonchev–Trinajstić information content (AvgIpc) is 2.64. The molecule has 0 radical (unpaired) electrons. The molecule has 0 fully saturated rings. The SMILES string of the molecule is CCOC(=O)Oc1ccc(C(=O)Nc2ccc(NC(=O)CC)cc2)cc1. The van der Waals surface area contributed by atoms with Crippen molar-refractivity contribution < 1.29 is 23.9 Å². The number of nitrogens with one attached hydrogen (secondary N) is 2. The van der Waals surface area contributed by atoms with Gasteiger partial charge in [0.1, 0.15) is 5.75 Å². The van der Waals surface area contributed by atoms with Gasteiger partial charge in [-0.3, -0.25) is 9.59 Å². The molecule has 0 bridgehead atoms. The summed E-state index contributed by atoms with van der Waals surface area (Å²) in [5.41, 5.74) is 1.66. The number of carbonyl (C=O) groups excluding carboxylic acids is 3. The molecule has 0 atom stereocenters. The third-order valence-corrected chi connectivity index (χ3v) is 3.33. The third kappa shape index (κ3) is 5.62. The minimum Gasteiger partial charge on any atom is -0.434 e. The molecular formula is C19H20N2O5. The van der Waals surface area contributed by atoms with Crippen molar-refractivity contribution in [3.8, 4) is 5.75 Å². The number of benzene rings is 2. The molecule has 2 N–H and O–H groups in total. The van der Waals surface area contributed by atoms with Crippen molar-refractivity contribution in [3.05, 3.63) is 54.1 Å². The summed E-state index contributed by atoms with van der Waals surface area (Å²) in [6, 6.07) is 12.9. The Morgan fingerprint density at radius 3 is 1.96 bits per heavy atom. The van der Waals surface area contributed by atoms with Gasteiger partial charge in [-0.2, -0.15) is 0 Å². The molecule has 0 saturated carbocycles. The van der Waals surface area contributed by atoms with E-state index in [9.17, 15) is 14.4 Å². The molecule has 0 aliphatic heterocycles. The van der Waals surface area contributed by atoms with E-state index in [2.05, 4.69) is 15.4 Å². The third-order valence-electron chi connectivity index (χ3n) is 3.33. The van der Waals surface area contributed by atoms with E-state index in [4.69, 9.17) is 4.74 Å². The van der Waals surface area contributed by atoms with Crippen LogP contribution < -0.4 is 15.4 Å². The molecule has 136 valence electrons. The molecule has 0 unspecified atom stereocenters. The molecule has 7 heteroatoms. The lowest BCUT2D eigenvalue weighted by molar-refractivity contribution is -0.115. The van der Waals surface area contributed by atoms with Gasteiger partial charge in [0, 0.05) is 23.4 Å². The maximum atomic E-state index is 12.2. The lowest BCUT2D eigenvalue weighted by atomic mass is 10.2. The first kappa shape index (κ1) is 19.0. The summed E-state index contributed by atoms with van der Waals surface area (Å²) < 4.78 is 9.61. The first-order chi connectivity index (χ1) is 12.5. The first-order valence-corrected chi connectivity index (χ1v) is 8.17. The van der Waals surface area contributed by atoms with Gasteiger partial charge in [0.15, 0.2) is 0 Å². The Morgan fingerprint density at radius 2 is 1.42 bits per heavy atom. The van der Waals surface area contributed by atoms with Crippen molar-refractivity contribution in [1.29, 1.82) is 0 Å². The Labute approximate surface area is 151 Å². The zero-order valence-electron chi connectivity index (χ0n) is 14.6. The van der Waals surface area contributed by atoms with Gasteiger partial charge >= 0.3 is 6.16 Å². The zero-order valence-corrected chi connectivity index (χ0v) is 14.6. The summed E-state index contributed by atoms with van der Waals surface area (Å²) in [4.78, 5) is 34.8. The van der Waals surface area contributed by atoms with Crippen molar-refractivity contribution >= 4 is 29.3 Å². The van der Waals surface area contributed by atoms with Gasteiger partial charge in [-0.05, 0) is 55.5 Å². The van der Waals surface area contributed by atoms with Crippen LogP contribution >= 0.6 is 0 Å². The van der Waals surface area contributed by atoms with Crippen LogP contribution in [0, 0.1) is 0 Å². The summed E-state index contributed by atoms with van der Waals surface area (Å²) in [5.74, 6) is -0.0963. The maximum Gasteiger partial charge on any atom is 0.513 e. The molecule has 0 saturated heterocycles. The lowest BCUT2D eigenvalue weighted by Gasteiger charge is -2.08.